The van der Waals surface area contributed by atoms with Crippen molar-refractivity contribution in [2.24, 2.45) is 0 Å². The van der Waals surface area contributed by atoms with Crippen molar-refractivity contribution in [1.82, 2.24) is 5.32 Å². The molecule has 4 N–H and O–H groups in total. The number of thioether (sulfide) groups is 1. The Morgan fingerprint density at radius 2 is 1.75 bits per heavy atom. The second-order valence-corrected chi connectivity index (χ2v) is 9.02. The molecule has 2 atom stereocenters. The molecule has 3 aromatic carbocycles. The molecule has 3 aromatic rings. The molecular weight excluding hydrogens is 500 g/mol. The second kappa shape index (κ2) is 10.9. The van der Waals surface area contributed by atoms with E-state index in [0.29, 0.717) is 6.07 Å². The summed E-state index contributed by atoms with van der Waals surface area (Å²) in [5, 5.41) is 24.6. The smallest absolute Gasteiger partial charge is 0.394 e. The lowest BCUT2D eigenvalue weighted by molar-refractivity contribution is -0.137. The third-order valence-electron chi connectivity index (χ3n) is 5.46. The zero-order valence-corrected chi connectivity index (χ0v) is 19.5. The van der Waals surface area contributed by atoms with Crippen LogP contribution in [0, 0.1) is 5.82 Å². The van der Waals surface area contributed by atoms with Crippen LogP contribution in [0.25, 0.3) is 11.1 Å². The Bertz CT molecular complexity index is 1220. The first-order valence-corrected chi connectivity index (χ1v) is 11.8. The quantitative estimate of drug-likeness (QED) is 0.255. The van der Waals surface area contributed by atoms with E-state index in [1.807, 2.05) is 30.3 Å². The number of carbonyl (C=O) groups is 1. The highest BCUT2D eigenvalue weighted by Crippen LogP contribution is 2.48. The number of rotatable bonds is 8. The number of halogens is 4. The molecule has 0 bridgehead atoms. The second-order valence-electron chi connectivity index (χ2n) is 7.99. The van der Waals surface area contributed by atoms with Crippen LogP contribution in [0.3, 0.4) is 0 Å². The van der Waals surface area contributed by atoms with Gasteiger partial charge in [0, 0.05) is 16.2 Å². The topological polar surface area (TPSA) is 90.8 Å². The molecule has 36 heavy (non-hydrogen) atoms. The van der Waals surface area contributed by atoms with E-state index >= 15 is 0 Å². The van der Waals surface area contributed by atoms with Crippen molar-refractivity contribution < 1.29 is 37.3 Å². The van der Waals surface area contributed by atoms with Crippen LogP contribution >= 0.6 is 11.8 Å². The first-order valence-electron chi connectivity index (χ1n) is 10.9. The predicted octanol–water partition coefficient (Wildman–Crippen LogP) is 4.61. The first kappa shape index (κ1) is 26.0. The summed E-state index contributed by atoms with van der Waals surface area (Å²) in [4.78, 5) is 12.5. The summed E-state index contributed by atoms with van der Waals surface area (Å²) in [5.41, 5.74) is -0.738. The molecule has 1 unspecified atom stereocenters. The van der Waals surface area contributed by atoms with Crippen LogP contribution < -0.4 is 10.6 Å². The van der Waals surface area contributed by atoms with Crippen LogP contribution in [-0.2, 0) is 17.5 Å². The average Bonchev–Trinajstić information content (AvgIpc) is 2.84. The van der Waals surface area contributed by atoms with Gasteiger partial charge in [-0.15, -0.1) is 11.8 Å². The Hall–Kier alpha value is -3.12. The lowest BCUT2D eigenvalue weighted by Crippen LogP contribution is -2.45. The Labute approximate surface area is 208 Å². The van der Waals surface area contributed by atoms with E-state index in [1.54, 1.807) is 0 Å². The van der Waals surface area contributed by atoms with Crippen molar-refractivity contribution in [1.29, 1.82) is 0 Å². The molecule has 1 aliphatic heterocycles. The predicted molar refractivity (Wildman–Crippen MR) is 127 cm³/mol. The summed E-state index contributed by atoms with van der Waals surface area (Å²) >= 11 is 0.931. The number of hydrogen-bond acceptors (Lipinski definition) is 6. The van der Waals surface area contributed by atoms with Gasteiger partial charge >= 0.3 is 6.18 Å². The van der Waals surface area contributed by atoms with Gasteiger partial charge in [-0.25, -0.2) is 4.39 Å². The summed E-state index contributed by atoms with van der Waals surface area (Å²) in [6.45, 7) is -0.221. The fraction of sp³-hybridized carbons (Fsp3) is 0.240. The number of aliphatic hydroxyl groups is 2. The van der Waals surface area contributed by atoms with Gasteiger partial charge in [0.2, 0.25) is 6.35 Å². The van der Waals surface area contributed by atoms with Crippen molar-refractivity contribution in [3.8, 4) is 11.1 Å². The summed E-state index contributed by atoms with van der Waals surface area (Å²) in [6.07, 6.45) is -7.11. The number of amides is 1. The molecule has 0 radical (unpaired) electrons. The summed E-state index contributed by atoms with van der Waals surface area (Å²) < 4.78 is 61.9. The number of anilines is 1. The molecule has 0 spiro atoms. The van der Waals surface area contributed by atoms with Gasteiger partial charge in [-0.2, -0.15) is 13.2 Å². The zero-order valence-electron chi connectivity index (χ0n) is 18.7. The van der Waals surface area contributed by atoms with Crippen molar-refractivity contribution >= 4 is 23.4 Å². The third-order valence-corrected chi connectivity index (χ3v) is 6.69. The Morgan fingerprint density at radius 3 is 2.39 bits per heavy atom. The van der Waals surface area contributed by atoms with E-state index in [4.69, 9.17) is 4.74 Å². The Balaban J connectivity index is 1.76. The highest BCUT2D eigenvalue weighted by atomic mass is 32.2. The van der Waals surface area contributed by atoms with Crippen molar-refractivity contribution in [3.05, 3.63) is 83.2 Å². The standard InChI is InChI=1S/C25H22F4N2O4S/c26-16-8-6-15(7-9-16)20-19(25(27,28)29)10-18-21(30-24(34)31-23(18)33)22(20)36-13-17(11-32)35-12-14-4-2-1-3-5-14/h1-10,17,24,30,32,34H,11-13H2,(H,31,33)/t17-,24?/m0/s1. The molecule has 4 rings (SSSR count). The number of hydrogen-bond donors (Lipinski definition) is 4. The molecule has 1 aliphatic rings. The molecule has 6 nitrogen and oxygen atoms in total. The van der Waals surface area contributed by atoms with Crippen molar-refractivity contribution in [3.63, 3.8) is 0 Å². The molecule has 1 amide bonds. The van der Waals surface area contributed by atoms with Crippen LogP contribution in [0.1, 0.15) is 21.5 Å². The number of benzene rings is 3. The minimum absolute atomic E-state index is 0.00308. The number of ether oxygens (including phenoxy) is 1. The first-order chi connectivity index (χ1) is 17.2. The van der Waals surface area contributed by atoms with E-state index in [0.717, 1.165) is 29.5 Å². The van der Waals surface area contributed by atoms with Crippen LogP contribution in [0.4, 0.5) is 23.2 Å². The fourth-order valence-electron chi connectivity index (χ4n) is 3.74. The van der Waals surface area contributed by atoms with Gasteiger partial charge in [-0.3, -0.25) is 4.79 Å². The summed E-state index contributed by atoms with van der Waals surface area (Å²) in [6, 6.07) is 14.4. The van der Waals surface area contributed by atoms with E-state index < -0.39 is 42.5 Å². The van der Waals surface area contributed by atoms with Gasteiger partial charge in [0.15, 0.2) is 0 Å². The van der Waals surface area contributed by atoms with Gasteiger partial charge in [-0.1, -0.05) is 42.5 Å². The zero-order chi connectivity index (χ0) is 25.9. The maximum absolute atomic E-state index is 14.2. The monoisotopic (exact) mass is 522 g/mol. The number of carbonyl (C=O) groups excluding carboxylic acids is 1. The molecule has 0 saturated carbocycles. The van der Waals surface area contributed by atoms with E-state index in [1.165, 1.54) is 12.1 Å². The lowest BCUT2D eigenvalue weighted by Gasteiger charge is -2.29. The highest BCUT2D eigenvalue weighted by molar-refractivity contribution is 7.99. The van der Waals surface area contributed by atoms with E-state index in [-0.39, 0.29) is 39.6 Å². The third kappa shape index (κ3) is 5.81. The van der Waals surface area contributed by atoms with Gasteiger partial charge in [0.1, 0.15) is 5.82 Å². The fourth-order valence-corrected chi connectivity index (χ4v) is 4.98. The van der Waals surface area contributed by atoms with E-state index in [2.05, 4.69) is 10.6 Å². The van der Waals surface area contributed by atoms with Crippen molar-refractivity contribution in [2.75, 3.05) is 17.7 Å². The molecule has 0 fully saturated rings. The van der Waals surface area contributed by atoms with E-state index in [9.17, 15) is 32.6 Å². The van der Waals surface area contributed by atoms with Crippen LogP contribution in [-0.4, -0.2) is 40.9 Å². The van der Waals surface area contributed by atoms with Gasteiger partial charge < -0.3 is 25.6 Å². The maximum atomic E-state index is 14.2. The molecular formula is C25H22F4N2O4S. The van der Waals surface area contributed by atoms with Crippen LogP contribution in [0.15, 0.2) is 65.6 Å². The SMILES string of the molecule is O=C1NC(O)Nc2c1cc(C(F)(F)F)c(-c1ccc(F)cc1)c2SC[C@H](CO)OCc1ccccc1. The summed E-state index contributed by atoms with van der Waals surface area (Å²) in [5.74, 6) is -1.47. The highest BCUT2D eigenvalue weighted by Gasteiger charge is 2.39. The normalized spacial score (nSPS) is 16.2. The Kier molecular flexibility index (Phi) is 7.84. The lowest BCUT2D eigenvalue weighted by atomic mass is 9.94. The minimum atomic E-state index is -4.84. The van der Waals surface area contributed by atoms with Crippen LogP contribution in [0.2, 0.25) is 0 Å². The number of nitrogens with one attached hydrogen (secondary N) is 2. The minimum Gasteiger partial charge on any atom is -0.394 e. The molecule has 11 heteroatoms. The van der Waals surface area contributed by atoms with Gasteiger partial charge in [0.25, 0.3) is 5.91 Å². The largest absolute Gasteiger partial charge is 0.417 e. The summed E-state index contributed by atoms with van der Waals surface area (Å²) in [7, 11) is 0. The molecule has 190 valence electrons. The van der Waals surface area contributed by atoms with Gasteiger partial charge in [0.05, 0.1) is 36.1 Å². The van der Waals surface area contributed by atoms with Gasteiger partial charge in [-0.05, 0) is 29.3 Å². The number of aliphatic hydroxyl groups excluding tert-OH is 2. The molecule has 1 heterocycles. The maximum Gasteiger partial charge on any atom is 0.417 e. The molecule has 0 saturated heterocycles. The number of fused-ring (bicyclic) bond motifs is 1. The molecule has 0 aromatic heterocycles. The number of alkyl halides is 3. The Morgan fingerprint density at radius 1 is 1.06 bits per heavy atom. The van der Waals surface area contributed by atoms with Crippen molar-refractivity contribution in [2.45, 2.75) is 30.1 Å². The average molecular weight is 523 g/mol. The molecule has 0 aliphatic carbocycles. The van der Waals surface area contributed by atoms with Crippen LogP contribution in [0.5, 0.6) is 0 Å².